The molecule has 3 N–H and O–H groups in total. The number of rotatable bonds is 8. The van der Waals surface area contributed by atoms with E-state index in [0.29, 0.717) is 23.1 Å². The monoisotopic (exact) mass is 928 g/mol. The largest absolute Gasteiger partial charge is 0.485 e. The van der Waals surface area contributed by atoms with Crippen LogP contribution in [0.2, 0.25) is 0 Å². The van der Waals surface area contributed by atoms with E-state index in [1.54, 1.807) is 89.7 Å². The summed E-state index contributed by atoms with van der Waals surface area (Å²) in [5.41, 5.74) is 5.66. The quantitative estimate of drug-likeness (QED) is 0.179. The number of aromatic nitrogens is 6. The Kier molecular flexibility index (Phi) is 16.8. The summed E-state index contributed by atoms with van der Waals surface area (Å²) in [7, 11) is 3.20. The molecule has 0 bridgehead atoms. The molecule has 2 aromatic carbocycles. The third-order valence-electron chi connectivity index (χ3n) is 9.34. The lowest BCUT2D eigenvalue weighted by Crippen LogP contribution is -2.53. The number of hydrogen-bond acceptors (Lipinski definition) is 16. The number of carbonyl (C=O) groups is 4. The normalized spacial score (nSPS) is 17.1. The van der Waals surface area contributed by atoms with Crippen molar-refractivity contribution in [3.63, 3.8) is 0 Å². The van der Waals surface area contributed by atoms with E-state index < -0.39 is 47.6 Å². The number of para-hydroxylation sites is 2. The lowest BCUT2D eigenvalue weighted by atomic mass is 10.1. The molecular weight excluding hydrogens is 886 g/mol. The first kappa shape index (κ1) is 49.1. The van der Waals surface area contributed by atoms with Gasteiger partial charge in [-0.3, -0.25) is 24.2 Å². The maximum atomic E-state index is 13.8. The zero-order valence-electron chi connectivity index (χ0n) is 35.9. The van der Waals surface area contributed by atoms with Gasteiger partial charge in [0, 0.05) is 38.6 Å². The minimum Gasteiger partial charge on any atom is -0.485 e. The average Bonchev–Trinajstić information content (AvgIpc) is 3.45. The predicted molar refractivity (Wildman–Crippen MR) is 235 cm³/mol. The number of likely N-dealkylation sites (N-methyl/N-ethyl adjacent to an activating group) is 2. The predicted octanol–water partition coefficient (Wildman–Crippen LogP) is 5.50. The first-order valence-electron chi connectivity index (χ1n) is 19.8. The molecule has 0 fully saturated rings. The van der Waals surface area contributed by atoms with Crippen molar-refractivity contribution >= 4 is 47.7 Å². The van der Waals surface area contributed by atoms with Gasteiger partial charge in [0.15, 0.2) is 57.7 Å². The molecule has 0 radical (unpaired) electrons. The Morgan fingerprint density at radius 3 is 1.74 bits per heavy atom. The van der Waals surface area contributed by atoms with Gasteiger partial charge in [0.05, 0.1) is 19.0 Å². The standard InChI is InChI=1S/C21H18FN5O4.C13H11FN2O3.C10H13N3O2.ClH/c1-12-18(21(29)27(2)19-17(30-12)8-5-9-23-19)25-20(28)15-10-13(11-24-26-15)31-16-7-4-3-6-14(16)22;1-2-18-13(17)11-7-9(8-15-16-11)19-12-6-4-3-5-10(12)14;1-6-8(11)10(14)13(2)9-7(15-6)4-3-5-12-9;/h3-12,18H,1-2H3,(H,25,28);3-8H,2H2,1H3;3-6,8H,11H2,1-2H3;1H/t12-,18+;;6-,8+;/m1.1./s1. The summed E-state index contributed by atoms with van der Waals surface area (Å²) in [4.78, 5) is 60.0. The highest BCUT2D eigenvalue weighted by atomic mass is 35.5. The molecule has 6 heterocycles. The van der Waals surface area contributed by atoms with Gasteiger partial charge in [-0.15, -0.1) is 22.6 Å². The van der Waals surface area contributed by atoms with Crippen molar-refractivity contribution in [3.05, 3.63) is 133 Å². The van der Waals surface area contributed by atoms with Gasteiger partial charge in [-0.2, -0.15) is 10.2 Å². The second-order valence-corrected chi connectivity index (χ2v) is 13.9. The van der Waals surface area contributed by atoms with Crippen LogP contribution in [0.3, 0.4) is 0 Å². The summed E-state index contributed by atoms with van der Waals surface area (Å²) in [6.07, 6.45) is 4.69. The highest BCUT2D eigenvalue weighted by Crippen LogP contribution is 2.31. The maximum absolute atomic E-state index is 13.8. The van der Waals surface area contributed by atoms with Crippen molar-refractivity contribution < 1.29 is 51.6 Å². The summed E-state index contributed by atoms with van der Waals surface area (Å²) in [5, 5.41) is 17.4. The summed E-state index contributed by atoms with van der Waals surface area (Å²) in [6, 6.07) is 19.7. The number of benzene rings is 2. The van der Waals surface area contributed by atoms with Gasteiger partial charge in [0.25, 0.3) is 11.8 Å². The van der Waals surface area contributed by atoms with E-state index in [9.17, 15) is 28.0 Å². The van der Waals surface area contributed by atoms with Crippen LogP contribution in [0.15, 0.2) is 110 Å². The first-order valence-corrected chi connectivity index (χ1v) is 19.8. The molecule has 0 saturated carbocycles. The van der Waals surface area contributed by atoms with Crippen LogP contribution in [-0.4, -0.2) is 99.0 Å². The molecular formula is C44H43ClF2N10O9. The van der Waals surface area contributed by atoms with E-state index in [-0.39, 0.29) is 65.4 Å². The molecule has 344 valence electrons. The van der Waals surface area contributed by atoms with Gasteiger partial charge in [-0.1, -0.05) is 24.3 Å². The number of nitrogens with zero attached hydrogens (tertiary/aromatic N) is 8. The number of hydrogen-bond donors (Lipinski definition) is 2. The average molecular weight is 929 g/mol. The SMILES string of the molecule is CCOC(=O)c1cc(Oc2ccccc2F)cnn1.C[C@H]1Oc2cccnc2N(C)C(=O)[C@H]1N.C[C@H]1Oc2cccnc2N(C)C(=O)[C@H]1NC(=O)c1cc(Oc2ccccc2F)cnn1.Cl. The molecule has 0 unspecified atom stereocenters. The first-order chi connectivity index (χ1) is 31.2. The number of carbonyl (C=O) groups excluding carboxylic acids is 4. The fraction of sp³-hybridized carbons (Fsp3) is 0.227. The second kappa shape index (κ2) is 22.6. The van der Waals surface area contributed by atoms with Gasteiger partial charge >= 0.3 is 5.97 Å². The van der Waals surface area contributed by atoms with Crippen LogP contribution in [0.1, 0.15) is 41.7 Å². The number of halogens is 3. The molecule has 2 aliphatic heterocycles. The summed E-state index contributed by atoms with van der Waals surface area (Å²) >= 11 is 0. The van der Waals surface area contributed by atoms with Crippen LogP contribution in [-0.2, 0) is 14.3 Å². The van der Waals surface area contributed by atoms with Crippen molar-refractivity contribution in [1.29, 1.82) is 0 Å². The number of nitrogens with one attached hydrogen (secondary N) is 1. The number of anilines is 2. The van der Waals surface area contributed by atoms with Gasteiger partial charge < -0.3 is 34.7 Å². The number of fused-ring (bicyclic) bond motifs is 2. The van der Waals surface area contributed by atoms with Crippen LogP contribution in [0.5, 0.6) is 34.5 Å². The van der Waals surface area contributed by atoms with E-state index in [4.69, 9.17) is 29.4 Å². The Labute approximate surface area is 382 Å². The van der Waals surface area contributed by atoms with Gasteiger partial charge in [0.2, 0.25) is 5.91 Å². The smallest absolute Gasteiger partial charge is 0.358 e. The molecule has 4 aromatic heterocycles. The van der Waals surface area contributed by atoms with Crippen LogP contribution in [0, 0.1) is 11.6 Å². The Balaban J connectivity index is 0.000000200. The Bertz CT molecular complexity index is 2670. The van der Waals surface area contributed by atoms with E-state index >= 15 is 0 Å². The topological polar surface area (TPSA) is 236 Å². The Hall–Kier alpha value is -7.91. The summed E-state index contributed by atoms with van der Waals surface area (Å²) in [6.45, 7) is 5.37. The molecule has 6 aromatic rings. The van der Waals surface area contributed by atoms with Crippen molar-refractivity contribution in [2.24, 2.45) is 5.73 Å². The zero-order valence-corrected chi connectivity index (χ0v) is 36.7. The lowest BCUT2D eigenvalue weighted by Gasteiger charge is -2.23. The molecule has 22 heteroatoms. The Morgan fingerprint density at radius 1 is 0.727 bits per heavy atom. The third kappa shape index (κ3) is 12.0. The minimum absolute atomic E-state index is 0. The number of ether oxygens (including phenoxy) is 5. The zero-order chi connectivity index (χ0) is 46.6. The van der Waals surface area contributed by atoms with Crippen molar-refractivity contribution in [2.45, 2.75) is 45.1 Å². The maximum Gasteiger partial charge on any atom is 0.358 e. The molecule has 4 atom stereocenters. The van der Waals surface area contributed by atoms with E-state index in [0.717, 1.165) is 0 Å². The van der Waals surface area contributed by atoms with Crippen LogP contribution in [0.25, 0.3) is 0 Å². The van der Waals surface area contributed by atoms with Crippen molar-refractivity contribution in [2.75, 3.05) is 30.5 Å². The molecule has 19 nitrogen and oxygen atoms in total. The number of pyridine rings is 2. The highest BCUT2D eigenvalue weighted by Gasteiger charge is 2.37. The number of esters is 1. The van der Waals surface area contributed by atoms with Crippen molar-refractivity contribution in [3.8, 4) is 34.5 Å². The number of nitrogens with two attached hydrogens (primary N) is 1. The van der Waals surface area contributed by atoms with Gasteiger partial charge in [0.1, 0.15) is 35.8 Å². The van der Waals surface area contributed by atoms with Crippen LogP contribution >= 0.6 is 12.4 Å². The van der Waals surface area contributed by atoms with E-state index in [2.05, 4.69) is 35.7 Å². The van der Waals surface area contributed by atoms with E-state index in [1.165, 1.54) is 64.7 Å². The van der Waals surface area contributed by atoms with Crippen LogP contribution in [0.4, 0.5) is 20.4 Å². The van der Waals surface area contributed by atoms with Crippen LogP contribution < -0.4 is 39.8 Å². The van der Waals surface area contributed by atoms with Gasteiger partial charge in [-0.25, -0.2) is 23.5 Å². The molecule has 8 rings (SSSR count). The summed E-state index contributed by atoms with van der Waals surface area (Å²) < 4.78 is 54.1. The lowest BCUT2D eigenvalue weighted by molar-refractivity contribution is -0.122. The molecule has 0 spiro atoms. The molecule has 2 aliphatic rings. The second-order valence-electron chi connectivity index (χ2n) is 13.9. The van der Waals surface area contributed by atoms with Crippen molar-refractivity contribution in [1.82, 2.24) is 35.7 Å². The third-order valence-corrected chi connectivity index (χ3v) is 9.34. The van der Waals surface area contributed by atoms with Gasteiger partial charge in [-0.05, 0) is 69.3 Å². The Morgan fingerprint density at radius 2 is 1.21 bits per heavy atom. The fourth-order valence-corrected chi connectivity index (χ4v) is 5.96. The molecule has 0 saturated heterocycles. The summed E-state index contributed by atoms with van der Waals surface area (Å²) in [5.74, 6) is -0.645. The fourth-order valence-electron chi connectivity index (χ4n) is 5.96. The highest BCUT2D eigenvalue weighted by molar-refractivity contribution is 6.02. The van der Waals surface area contributed by atoms with E-state index in [1.807, 2.05) is 0 Å². The molecule has 0 aliphatic carbocycles. The molecule has 3 amide bonds. The minimum atomic E-state index is -0.996. The molecule has 66 heavy (non-hydrogen) atoms. The number of amides is 3.